The first kappa shape index (κ1) is 9.12. The molecule has 0 aromatic carbocycles. The minimum absolute atomic E-state index is 0.0858. The standard InChI is InChI=1S/C10H12N2O2/c1-14-10-5-4-8(11-12-10)9(13)6-7-2-3-7/h4-5,7H,2-3,6H2,1H3. The SMILES string of the molecule is COc1ccc(C(=O)CC2CC2)nn1. The van der Waals surface area contributed by atoms with E-state index in [9.17, 15) is 4.79 Å². The van der Waals surface area contributed by atoms with E-state index in [1.54, 1.807) is 12.1 Å². The van der Waals surface area contributed by atoms with E-state index in [1.165, 1.54) is 20.0 Å². The summed E-state index contributed by atoms with van der Waals surface area (Å²) in [5.74, 6) is 1.11. The highest BCUT2D eigenvalue weighted by molar-refractivity contribution is 5.94. The molecule has 0 radical (unpaired) electrons. The largest absolute Gasteiger partial charge is 0.480 e. The lowest BCUT2D eigenvalue weighted by atomic mass is 10.1. The van der Waals surface area contributed by atoms with Gasteiger partial charge in [-0.2, -0.15) is 0 Å². The molecule has 1 aromatic rings. The highest BCUT2D eigenvalue weighted by atomic mass is 16.5. The van der Waals surface area contributed by atoms with Crippen molar-refractivity contribution in [3.63, 3.8) is 0 Å². The summed E-state index contributed by atoms with van der Waals surface area (Å²) >= 11 is 0. The maximum Gasteiger partial charge on any atom is 0.233 e. The summed E-state index contributed by atoms with van der Waals surface area (Å²) in [4.78, 5) is 11.6. The summed E-state index contributed by atoms with van der Waals surface area (Å²) in [6, 6.07) is 3.32. The molecule has 4 heteroatoms. The summed E-state index contributed by atoms with van der Waals surface area (Å²) in [7, 11) is 1.52. The number of aromatic nitrogens is 2. The number of hydrogen-bond acceptors (Lipinski definition) is 4. The third kappa shape index (κ3) is 2.07. The van der Waals surface area contributed by atoms with Gasteiger partial charge in [0.15, 0.2) is 5.78 Å². The quantitative estimate of drug-likeness (QED) is 0.678. The lowest BCUT2D eigenvalue weighted by Crippen LogP contribution is -2.04. The molecule has 1 saturated carbocycles. The summed E-state index contributed by atoms with van der Waals surface area (Å²) in [6.07, 6.45) is 2.96. The molecular weight excluding hydrogens is 180 g/mol. The summed E-state index contributed by atoms with van der Waals surface area (Å²) in [6.45, 7) is 0. The molecule has 0 atom stereocenters. The molecule has 1 heterocycles. The number of hydrogen-bond donors (Lipinski definition) is 0. The summed E-state index contributed by atoms with van der Waals surface area (Å²) in [5.41, 5.74) is 0.442. The molecule has 14 heavy (non-hydrogen) atoms. The van der Waals surface area contributed by atoms with E-state index in [1.807, 2.05) is 0 Å². The highest BCUT2D eigenvalue weighted by Gasteiger charge is 2.25. The van der Waals surface area contributed by atoms with Gasteiger partial charge in [0, 0.05) is 12.5 Å². The van der Waals surface area contributed by atoms with Gasteiger partial charge < -0.3 is 4.74 Å². The molecule has 74 valence electrons. The molecule has 0 spiro atoms. The third-order valence-corrected chi connectivity index (χ3v) is 2.31. The van der Waals surface area contributed by atoms with Crippen LogP contribution in [-0.4, -0.2) is 23.1 Å². The second kappa shape index (κ2) is 3.74. The van der Waals surface area contributed by atoms with Crippen LogP contribution in [-0.2, 0) is 0 Å². The zero-order valence-electron chi connectivity index (χ0n) is 8.06. The normalized spacial score (nSPS) is 15.2. The molecule has 2 rings (SSSR count). The van der Waals surface area contributed by atoms with Crippen LogP contribution in [0.5, 0.6) is 5.88 Å². The molecule has 1 aliphatic rings. The Morgan fingerprint density at radius 2 is 2.29 bits per heavy atom. The van der Waals surface area contributed by atoms with Crippen molar-refractivity contribution in [1.29, 1.82) is 0 Å². The number of ketones is 1. The summed E-state index contributed by atoms with van der Waals surface area (Å²) < 4.78 is 4.86. The van der Waals surface area contributed by atoms with Crippen molar-refractivity contribution in [2.75, 3.05) is 7.11 Å². The number of ether oxygens (including phenoxy) is 1. The second-order valence-corrected chi connectivity index (χ2v) is 3.53. The van der Waals surface area contributed by atoms with Crippen molar-refractivity contribution in [2.24, 2.45) is 5.92 Å². The van der Waals surface area contributed by atoms with E-state index in [2.05, 4.69) is 10.2 Å². The number of carbonyl (C=O) groups excluding carboxylic acids is 1. The van der Waals surface area contributed by atoms with Gasteiger partial charge in [0.1, 0.15) is 5.69 Å². The van der Waals surface area contributed by atoms with Crippen molar-refractivity contribution >= 4 is 5.78 Å². The van der Waals surface area contributed by atoms with Crippen LogP contribution in [0, 0.1) is 5.92 Å². The van der Waals surface area contributed by atoms with Gasteiger partial charge in [0.2, 0.25) is 5.88 Å². The van der Waals surface area contributed by atoms with Gasteiger partial charge in [0.05, 0.1) is 7.11 Å². The maximum absolute atomic E-state index is 11.6. The third-order valence-electron chi connectivity index (χ3n) is 2.31. The highest BCUT2D eigenvalue weighted by Crippen LogP contribution is 2.33. The molecule has 0 bridgehead atoms. The zero-order chi connectivity index (χ0) is 9.97. The molecule has 0 amide bonds. The average molecular weight is 192 g/mol. The first-order valence-electron chi connectivity index (χ1n) is 4.70. The van der Waals surface area contributed by atoms with Gasteiger partial charge in [-0.1, -0.05) is 0 Å². The molecule has 0 N–H and O–H groups in total. The van der Waals surface area contributed by atoms with Crippen molar-refractivity contribution in [3.8, 4) is 5.88 Å². The second-order valence-electron chi connectivity index (χ2n) is 3.53. The van der Waals surface area contributed by atoms with Gasteiger partial charge in [0.25, 0.3) is 0 Å². The van der Waals surface area contributed by atoms with Gasteiger partial charge in [-0.15, -0.1) is 10.2 Å². The Balaban J connectivity index is 2.03. The van der Waals surface area contributed by atoms with E-state index in [4.69, 9.17) is 4.74 Å². The fourth-order valence-corrected chi connectivity index (χ4v) is 1.27. The minimum atomic E-state index is 0.0858. The van der Waals surface area contributed by atoms with Crippen LogP contribution in [0.1, 0.15) is 29.8 Å². The van der Waals surface area contributed by atoms with Gasteiger partial charge in [-0.05, 0) is 24.8 Å². The van der Waals surface area contributed by atoms with E-state index < -0.39 is 0 Å². The van der Waals surface area contributed by atoms with Crippen LogP contribution < -0.4 is 4.74 Å². The number of carbonyl (C=O) groups is 1. The number of nitrogens with zero attached hydrogens (tertiary/aromatic N) is 2. The van der Waals surface area contributed by atoms with Crippen molar-refractivity contribution in [3.05, 3.63) is 17.8 Å². The molecule has 4 nitrogen and oxygen atoms in total. The number of methoxy groups -OCH3 is 1. The Bertz CT molecular complexity index is 330. The molecule has 0 unspecified atom stereocenters. The van der Waals surface area contributed by atoms with Crippen LogP contribution in [0.2, 0.25) is 0 Å². The fraction of sp³-hybridized carbons (Fsp3) is 0.500. The monoisotopic (exact) mass is 192 g/mol. The predicted molar refractivity (Wildman–Crippen MR) is 50.3 cm³/mol. The Morgan fingerprint density at radius 1 is 1.50 bits per heavy atom. The predicted octanol–water partition coefficient (Wildman–Crippen LogP) is 1.47. The molecular formula is C10H12N2O2. The van der Waals surface area contributed by atoms with E-state index >= 15 is 0 Å². The van der Waals surface area contributed by atoms with Crippen LogP contribution in [0.25, 0.3) is 0 Å². The van der Waals surface area contributed by atoms with Crippen LogP contribution in [0.15, 0.2) is 12.1 Å². The zero-order valence-corrected chi connectivity index (χ0v) is 8.06. The smallest absolute Gasteiger partial charge is 0.233 e. The minimum Gasteiger partial charge on any atom is -0.480 e. The Labute approximate surface area is 82.3 Å². The Hall–Kier alpha value is -1.45. The average Bonchev–Trinajstić information content (AvgIpc) is 3.02. The molecule has 0 aliphatic heterocycles. The lowest BCUT2D eigenvalue weighted by molar-refractivity contribution is 0.0970. The first-order valence-corrected chi connectivity index (χ1v) is 4.70. The topological polar surface area (TPSA) is 52.1 Å². The van der Waals surface area contributed by atoms with Gasteiger partial charge in [-0.3, -0.25) is 4.79 Å². The molecule has 1 aromatic heterocycles. The molecule has 0 saturated heterocycles. The van der Waals surface area contributed by atoms with E-state index in [0.717, 1.165) is 0 Å². The number of rotatable bonds is 4. The summed E-state index contributed by atoms with van der Waals surface area (Å²) in [5, 5.41) is 7.56. The van der Waals surface area contributed by atoms with Crippen LogP contribution >= 0.6 is 0 Å². The van der Waals surface area contributed by atoms with Gasteiger partial charge in [-0.25, -0.2) is 0 Å². The maximum atomic E-state index is 11.6. The fourth-order valence-electron chi connectivity index (χ4n) is 1.27. The van der Waals surface area contributed by atoms with Crippen molar-refractivity contribution in [2.45, 2.75) is 19.3 Å². The lowest BCUT2D eigenvalue weighted by Gasteiger charge is -1.99. The van der Waals surface area contributed by atoms with Crippen molar-refractivity contribution in [1.82, 2.24) is 10.2 Å². The van der Waals surface area contributed by atoms with Crippen LogP contribution in [0.3, 0.4) is 0 Å². The Morgan fingerprint density at radius 3 is 2.79 bits per heavy atom. The van der Waals surface area contributed by atoms with E-state index in [-0.39, 0.29) is 5.78 Å². The number of Topliss-reactive ketones (excluding diaryl/α,β-unsaturated/α-hetero) is 1. The molecule has 1 aliphatic carbocycles. The van der Waals surface area contributed by atoms with Gasteiger partial charge >= 0.3 is 0 Å². The van der Waals surface area contributed by atoms with Crippen molar-refractivity contribution < 1.29 is 9.53 Å². The van der Waals surface area contributed by atoms with Crippen LogP contribution in [0.4, 0.5) is 0 Å². The van der Waals surface area contributed by atoms with E-state index in [0.29, 0.717) is 23.9 Å². The first-order chi connectivity index (χ1) is 6.79. The Kier molecular flexibility index (Phi) is 2.43. The molecule has 1 fully saturated rings.